The SMILES string of the molecule is CCC1C[C](OCc2ccc(OC)cc2)C(Cl)C1. The van der Waals surface area contributed by atoms with Gasteiger partial charge in [-0.05, 0) is 36.5 Å². The van der Waals surface area contributed by atoms with Gasteiger partial charge in [0.05, 0.1) is 19.1 Å². The first-order valence-corrected chi connectivity index (χ1v) is 6.92. The third kappa shape index (κ3) is 3.39. The second kappa shape index (κ2) is 6.44. The van der Waals surface area contributed by atoms with Gasteiger partial charge in [0, 0.05) is 0 Å². The standard InChI is InChI=1S/C15H20ClO2/c1-3-11-8-14(16)15(9-11)18-10-12-4-6-13(17-2)7-5-12/h4-7,11,14H,3,8-10H2,1-2H3. The fraction of sp³-hybridized carbons (Fsp3) is 0.533. The molecule has 1 aromatic carbocycles. The van der Waals surface area contributed by atoms with Gasteiger partial charge in [-0.15, -0.1) is 11.6 Å². The van der Waals surface area contributed by atoms with Crippen molar-refractivity contribution in [2.24, 2.45) is 5.92 Å². The topological polar surface area (TPSA) is 18.5 Å². The van der Waals surface area contributed by atoms with Crippen molar-refractivity contribution in [3.8, 4) is 5.75 Å². The van der Waals surface area contributed by atoms with Crippen molar-refractivity contribution >= 4 is 11.6 Å². The Labute approximate surface area is 114 Å². The molecule has 1 saturated carbocycles. The first-order valence-electron chi connectivity index (χ1n) is 6.48. The fourth-order valence-corrected chi connectivity index (χ4v) is 2.68. The molecule has 0 heterocycles. The predicted octanol–water partition coefficient (Wildman–Crippen LogP) is 4.17. The lowest BCUT2D eigenvalue weighted by atomic mass is 10.1. The molecule has 1 aliphatic carbocycles. The van der Waals surface area contributed by atoms with E-state index in [1.165, 1.54) is 6.42 Å². The number of halogens is 1. The van der Waals surface area contributed by atoms with Crippen molar-refractivity contribution in [3.63, 3.8) is 0 Å². The molecular weight excluding hydrogens is 248 g/mol. The van der Waals surface area contributed by atoms with Gasteiger partial charge in [0.15, 0.2) is 0 Å². The van der Waals surface area contributed by atoms with Gasteiger partial charge in [0.1, 0.15) is 11.9 Å². The molecule has 0 spiro atoms. The van der Waals surface area contributed by atoms with E-state index >= 15 is 0 Å². The molecule has 0 saturated heterocycles. The molecule has 3 heteroatoms. The zero-order chi connectivity index (χ0) is 13.0. The summed E-state index contributed by atoms with van der Waals surface area (Å²) in [6, 6.07) is 7.94. The lowest BCUT2D eigenvalue weighted by Crippen LogP contribution is -2.08. The van der Waals surface area contributed by atoms with Gasteiger partial charge < -0.3 is 9.47 Å². The smallest absolute Gasteiger partial charge is 0.118 e. The second-order valence-corrected chi connectivity index (χ2v) is 5.31. The highest BCUT2D eigenvalue weighted by atomic mass is 35.5. The minimum atomic E-state index is 0.0909. The zero-order valence-electron chi connectivity index (χ0n) is 11.0. The third-order valence-corrected chi connectivity index (χ3v) is 3.96. The van der Waals surface area contributed by atoms with Crippen LogP contribution >= 0.6 is 11.6 Å². The highest BCUT2D eigenvalue weighted by Crippen LogP contribution is 2.39. The Hall–Kier alpha value is -0.730. The number of alkyl halides is 1. The third-order valence-electron chi connectivity index (χ3n) is 3.54. The average Bonchev–Trinajstić information content (AvgIpc) is 2.77. The van der Waals surface area contributed by atoms with E-state index in [9.17, 15) is 0 Å². The Morgan fingerprint density at radius 3 is 2.56 bits per heavy atom. The molecule has 2 rings (SSSR count). The van der Waals surface area contributed by atoms with E-state index < -0.39 is 0 Å². The van der Waals surface area contributed by atoms with E-state index in [1.54, 1.807) is 7.11 Å². The van der Waals surface area contributed by atoms with Crippen LogP contribution in [0.2, 0.25) is 0 Å². The number of hydrogen-bond acceptors (Lipinski definition) is 2. The van der Waals surface area contributed by atoms with Gasteiger partial charge in [-0.3, -0.25) is 0 Å². The highest BCUT2D eigenvalue weighted by Gasteiger charge is 2.33. The highest BCUT2D eigenvalue weighted by molar-refractivity contribution is 6.22. The number of rotatable bonds is 5. The maximum atomic E-state index is 6.28. The number of ether oxygens (including phenoxy) is 2. The van der Waals surface area contributed by atoms with Crippen LogP contribution in [-0.4, -0.2) is 12.5 Å². The molecule has 2 nitrogen and oxygen atoms in total. The summed E-state index contributed by atoms with van der Waals surface area (Å²) in [5, 5.41) is 0.0909. The quantitative estimate of drug-likeness (QED) is 0.746. The van der Waals surface area contributed by atoms with Crippen molar-refractivity contribution in [2.45, 2.75) is 38.2 Å². The van der Waals surface area contributed by atoms with Crippen LogP contribution in [-0.2, 0) is 11.3 Å². The summed E-state index contributed by atoms with van der Waals surface area (Å²) in [6.45, 7) is 2.81. The fourth-order valence-electron chi connectivity index (χ4n) is 2.28. The van der Waals surface area contributed by atoms with Crippen LogP contribution in [0.1, 0.15) is 31.7 Å². The molecule has 1 aromatic rings. The van der Waals surface area contributed by atoms with Gasteiger partial charge in [-0.1, -0.05) is 25.5 Å². The Morgan fingerprint density at radius 2 is 2.00 bits per heavy atom. The predicted molar refractivity (Wildman–Crippen MR) is 73.7 cm³/mol. The van der Waals surface area contributed by atoms with Gasteiger partial charge >= 0.3 is 0 Å². The van der Waals surface area contributed by atoms with Gasteiger partial charge in [0.2, 0.25) is 0 Å². The molecule has 0 bridgehead atoms. The van der Waals surface area contributed by atoms with E-state index in [1.807, 2.05) is 24.3 Å². The van der Waals surface area contributed by atoms with E-state index in [2.05, 4.69) is 6.92 Å². The van der Waals surface area contributed by atoms with Crippen LogP contribution in [0.15, 0.2) is 24.3 Å². The molecule has 0 aromatic heterocycles. The molecule has 99 valence electrons. The van der Waals surface area contributed by atoms with E-state index in [4.69, 9.17) is 21.1 Å². The van der Waals surface area contributed by atoms with Crippen LogP contribution < -0.4 is 4.74 Å². The van der Waals surface area contributed by atoms with Crippen molar-refractivity contribution in [1.29, 1.82) is 0 Å². The minimum Gasteiger partial charge on any atom is -0.497 e. The first-order chi connectivity index (χ1) is 8.72. The Kier molecular flexibility index (Phi) is 4.90. The van der Waals surface area contributed by atoms with E-state index in [0.29, 0.717) is 12.5 Å². The van der Waals surface area contributed by atoms with Crippen molar-refractivity contribution in [1.82, 2.24) is 0 Å². The molecular formula is C15H20ClO2. The van der Waals surface area contributed by atoms with Crippen LogP contribution in [0.25, 0.3) is 0 Å². The van der Waals surface area contributed by atoms with Crippen molar-refractivity contribution in [3.05, 3.63) is 35.9 Å². The maximum Gasteiger partial charge on any atom is 0.118 e. The molecule has 1 aliphatic rings. The summed E-state index contributed by atoms with van der Waals surface area (Å²) in [6.07, 6.45) is 4.30. The molecule has 0 aliphatic heterocycles. The summed E-state index contributed by atoms with van der Waals surface area (Å²) >= 11 is 6.28. The largest absolute Gasteiger partial charge is 0.497 e. The van der Waals surface area contributed by atoms with Crippen LogP contribution in [0.5, 0.6) is 5.75 Å². The Balaban J connectivity index is 1.83. The summed E-state index contributed by atoms with van der Waals surface area (Å²) < 4.78 is 11.0. The summed E-state index contributed by atoms with van der Waals surface area (Å²) in [5.74, 6) is 1.56. The molecule has 18 heavy (non-hydrogen) atoms. The average molecular weight is 268 g/mol. The van der Waals surface area contributed by atoms with Gasteiger partial charge in [-0.2, -0.15) is 0 Å². The summed E-state index contributed by atoms with van der Waals surface area (Å²) in [5.41, 5.74) is 1.15. The van der Waals surface area contributed by atoms with Crippen LogP contribution in [0.4, 0.5) is 0 Å². The Morgan fingerprint density at radius 1 is 1.28 bits per heavy atom. The molecule has 0 amide bonds. The van der Waals surface area contributed by atoms with Gasteiger partial charge in [0.25, 0.3) is 0 Å². The van der Waals surface area contributed by atoms with Crippen molar-refractivity contribution in [2.75, 3.05) is 7.11 Å². The monoisotopic (exact) mass is 267 g/mol. The Bertz CT molecular complexity index is 363. The zero-order valence-corrected chi connectivity index (χ0v) is 11.7. The lowest BCUT2D eigenvalue weighted by Gasteiger charge is -2.14. The molecule has 1 fully saturated rings. The lowest BCUT2D eigenvalue weighted by molar-refractivity contribution is 0.126. The summed E-state index contributed by atoms with van der Waals surface area (Å²) in [4.78, 5) is 0. The first kappa shape index (κ1) is 13.7. The van der Waals surface area contributed by atoms with E-state index in [0.717, 1.165) is 30.3 Å². The molecule has 0 N–H and O–H groups in total. The minimum absolute atomic E-state index is 0.0909. The number of benzene rings is 1. The number of hydrogen-bond donors (Lipinski definition) is 0. The molecule has 2 unspecified atom stereocenters. The van der Waals surface area contributed by atoms with Crippen LogP contribution in [0, 0.1) is 12.0 Å². The maximum absolute atomic E-state index is 6.28. The van der Waals surface area contributed by atoms with Crippen molar-refractivity contribution < 1.29 is 9.47 Å². The molecule has 1 radical (unpaired) electrons. The molecule has 2 atom stereocenters. The van der Waals surface area contributed by atoms with E-state index in [-0.39, 0.29) is 5.38 Å². The van der Waals surface area contributed by atoms with Gasteiger partial charge in [-0.25, -0.2) is 0 Å². The number of methoxy groups -OCH3 is 1. The second-order valence-electron chi connectivity index (χ2n) is 4.78. The summed E-state index contributed by atoms with van der Waals surface area (Å²) in [7, 11) is 1.67. The normalized spacial score (nSPS) is 24.4. The van der Waals surface area contributed by atoms with Crippen LogP contribution in [0.3, 0.4) is 0 Å².